The van der Waals surface area contributed by atoms with Crippen molar-refractivity contribution >= 4 is 35.1 Å². The Morgan fingerprint density at radius 3 is 2.65 bits per heavy atom. The minimum atomic E-state index is -2.71. The number of nitrogens with zero attached hydrogens (tertiary/aromatic N) is 1. The van der Waals surface area contributed by atoms with E-state index in [0.717, 1.165) is 0 Å². The molecule has 0 spiro atoms. The molecule has 3 aliphatic rings. The van der Waals surface area contributed by atoms with E-state index in [-0.39, 0.29) is 67.0 Å². The molecule has 0 aromatic heterocycles. The van der Waals surface area contributed by atoms with E-state index in [1.54, 1.807) is 25.1 Å². The van der Waals surface area contributed by atoms with E-state index in [4.69, 9.17) is 21.7 Å². The molecule has 1 aliphatic carbocycles. The first-order valence-electron chi connectivity index (χ1n) is 11.8. The number of alkyl halides is 2. The molecule has 34 heavy (non-hydrogen) atoms. The van der Waals surface area contributed by atoms with Crippen LogP contribution in [0.1, 0.15) is 64.4 Å². The SMILES string of the molecule is C[C@@H]1C[C@H](N2C(=N)N[C@](C)(c3cccc(NC(=O)C4CCC(F)(F)CC4)c3Cl)CC2=O)CCO1. The quantitative estimate of drug-likeness (QED) is 0.566. The number of amides is 2. The molecule has 1 saturated carbocycles. The van der Waals surface area contributed by atoms with Crippen molar-refractivity contribution in [3.05, 3.63) is 28.8 Å². The number of carbonyl (C=O) groups excluding carboxylic acids is 2. The van der Waals surface area contributed by atoms with Crippen LogP contribution in [0.4, 0.5) is 14.5 Å². The number of guanidine groups is 1. The van der Waals surface area contributed by atoms with Crippen LogP contribution in [0, 0.1) is 11.3 Å². The molecule has 0 unspecified atom stereocenters. The average molecular weight is 497 g/mol. The lowest BCUT2D eigenvalue weighted by atomic mass is 9.85. The Labute approximate surface area is 203 Å². The van der Waals surface area contributed by atoms with Crippen LogP contribution in [0.3, 0.4) is 0 Å². The number of benzene rings is 1. The summed E-state index contributed by atoms with van der Waals surface area (Å²) >= 11 is 6.67. The second-order valence-electron chi connectivity index (χ2n) is 9.89. The van der Waals surface area contributed by atoms with Crippen molar-refractivity contribution in [1.29, 1.82) is 5.41 Å². The molecule has 0 radical (unpaired) electrons. The highest BCUT2D eigenvalue weighted by molar-refractivity contribution is 6.34. The molecular formula is C24H31ClF2N4O3. The lowest BCUT2D eigenvalue weighted by Gasteiger charge is -2.45. The van der Waals surface area contributed by atoms with Gasteiger partial charge >= 0.3 is 0 Å². The van der Waals surface area contributed by atoms with Gasteiger partial charge in [-0.25, -0.2) is 8.78 Å². The first-order valence-corrected chi connectivity index (χ1v) is 12.1. The Morgan fingerprint density at radius 2 is 2.00 bits per heavy atom. The van der Waals surface area contributed by atoms with Crippen molar-refractivity contribution in [3.8, 4) is 0 Å². The molecule has 2 heterocycles. The van der Waals surface area contributed by atoms with Gasteiger partial charge in [0, 0.05) is 31.4 Å². The van der Waals surface area contributed by atoms with E-state index >= 15 is 0 Å². The maximum Gasteiger partial charge on any atom is 0.248 e. The highest BCUT2D eigenvalue weighted by Gasteiger charge is 2.44. The number of hydrogen-bond acceptors (Lipinski definition) is 4. The van der Waals surface area contributed by atoms with Crippen molar-refractivity contribution in [3.63, 3.8) is 0 Å². The van der Waals surface area contributed by atoms with Crippen LogP contribution in [0.2, 0.25) is 5.02 Å². The summed E-state index contributed by atoms with van der Waals surface area (Å²) in [5.41, 5.74) is 0.0102. The number of ether oxygens (including phenoxy) is 1. The van der Waals surface area contributed by atoms with Gasteiger partial charge in [-0.15, -0.1) is 0 Å². The van der Waals surface area contributed by atoms with Gasteiger partial charge in [-0.2, -0.15) is 0 Å². The summed E-state index contributed by atoms with van der Waals surface area (Å²) in [6, 6.07) is 5.04. The van der Waals surface area contributed by atoms with E-state index in [1.807, 2.05) is 6.92 Å². The third kappa shape index (κ3) is 5.05. The molecule has 186 valence electrons. The zero-order valence-electron chi connectivity index (χ0n) is 19.4. The molecule has 3 atom stereocenters. The summed E-state index contributed by atoms with van der Waals surface area (Å²) in [5.74, 6) is -3.68. The number of carbonyl (C=O) groups is 2. The minimum Gasteiger partial charge on any atom is -0.378 e. The van der Waals surface area contributed by atoms with Crippen molar-refractivity contribution in [1.82, 2.24) is 10.2 Å². The zero-order chi connectivity index (χ0) is 24.7. The van der Waals surface area contributed by atoms with Gasteiger partial charge in [-0.3, -0.25) is 19.9 Å². The smallest absolute Gasteiger partial charge is 0.248 e. The van der Waals surface area contributed by atoms with Gasteiger partial charge in [0.1, 0.15) is 0 Å². The van der Waals surface area contributed by atoms with E-state index in [0.29, 0.717) is 30.7 Å². The molecular weight excluding hydrogens is 466 g/mol. The molecule has 2 saturated heterocycles. The highest BCUT2D eigenvalue weighted by atomic mass is 35.5. The molecule has 7 nitrogen and oxygen atoms in total. The van der Waals surface area contributed by atoms with Gasteiger partial charge in [0.25, 0.3) is 0 Å². The van der Waals surface area contributed by atoms with Gasteiger partial charge in [-0.05, 0) is 51.2 Å². The summed E-state index contributed by atoms with van der Waals surface area (Å²) in [4.78, 5) is 27.4. The van der Waals surface area contributed by atoms with Crippen LogP contribution in [0.5, 0.6) is 0 Å². The average Bonchev–Trinajstić information content (AvgIpc) is 2.74. The van der Waals surface area contributed by atoms with Gasteiger partial charge in [-0.1, -0.05) is 23.7 Å². The highest BCUT2D eigenvalue weighted by Crippen LogP contribution is 2.40. The second kappa shape index (κ2) is 9.41. The Morgan fingerprint density at radius 1 is 1.29 bits per heavy atom. The third-order valence-corrected chi connectivity index (χ3v) is 7.58. The Bertz CT molecular complexity index is 961. The summed E-state index contributed by atoms with van der Waals surface area (Å²) < 4.78 is 32.5. The summed E-state index contributed by atoms with van der Waals surface area (Å²) in [6.07, 6.45) is 1.12. The van der Waals surface area contributed by atoms with Crippen molar-refractivity contribution in [2.24, 2.45) is 5.92 Å². The van der Waals surface area contributed by atoms with E-state index in [9.17, 15) is 18.4 Å². The first kappa shape index (κ1) is 24.9. The Hall–Kier alpha value is -2.26. The molecule has 0 bridgehead atoms. The fourth-order valence-electron chi connectivity index (χ4n) is 5.23. The summed E-state index contributed by atoms with van der Waals surface area (Å²) in [6.45, 7) is 4.31. The Balaban J connectivity index is 1.49. The molecule has 2 amide bonds. The second-order valence-corrected chi connectivity index (χ2v) is 10.3. The predicted molar refractivity (Wildman–Crippen MR) is 125 cm³/mol. The lowest BCUT2D eigenvalue weighted by molar-refractivity contribution is -0.134. The normalized spacial score (nSPS) is 30.1. The Kier molecular flexibility index (Phi) is 6.88. The van der Waals surface area contributed by atoms with E-state index in [2.05, 4.69) is 10.6 Å². The van der Waals surface area contributed by atoms with Crippen molar-refractivity contribution in [2.45, 2.75) is 82.4 Å². The van der Waals surface area contributed by atoms with Crippen LogP contribution in [-0.2, 0) is 19.9 Å². The van der Waals surface area contributed by atoms with Gasteiger partial charge in [0.05, 0.1) is 28.8 Å². The first-order chi connectivity index (χ1) is 16.0. The molecule has 1 aromatic rings. The topological polar surface area (TPSA) is 94.5 Å². The zero-order valence-corrected chi connectivity index (χ0v) is 20.2. The van der Waals surface area contributed by atoms with Crippen LogP contribution in [0.15, 0.2) is 18.2 Å². The predicted octanol–water partition coefficient (Wildman–Crippen LogP) is 4.64. The maximum absolute atomic E-state index is 13.4. The number of anilines is 1. The monoisotopic (exact) mass is 496 g/mol. The molecule has 3 fully saturated rings. The third-order valence-electron chi connectivity index (χ3n) is 7.17. The standard InChI is InChI=1S/C24H31ClF2N4O3/c1-14-12-16(8-11-34-14)31-19(32)13-23(2,30-22(31)28)17-4-3-5-18(20(17)25)29-21(33)15-6-9-24(26,27)10-7-15/h3-5,14-16H,6-13H2,1-2H3,(H2,28,30)(H,29,33)/t14-,16-,23+/m1/s1. The van der Waals surface area contributed by atoms with Crippen LogP contribution < -0.4 is 10.6 Å². The van der Waals surface area contributed by atoms with E-state index < -0.39 is 17.4 Å². The fourth-order valence-corrected chi connectivity index (χ4v) is 5.61. The largest absolute Gasteiger partial charge is 0.378 e. The molecule has 4 rings (SSSR count). The van der Waals surface area contributed by atoms with Gasteiger partial charge < -0.3 is 15.4 Å². The lowest BCUT2D eigenvalue weighted by Crippen LogP contribution is -2.63. The van der Waals surface area contributed by atoms with Gasteiger partial charge in [0.2, 0.25) is 17.7 Å². The van der Waals surface area contributed by atoms with Crippen LogP contribution in [0.25, 0.3) is 0 Å². The number of nitrogens with one attached hydrogen (secondary N) is 3. The molecule has 10 heteroatoms. The van der Waals surface area contributed by atoms with Crippen molar-refractivity contribution in [2.75, 3.05) is 11.9 Å². The number of halogens is 3. The fraction of sp³-hybridized carbons (Fsp3) is 0.625. The molecule has 2 aliphatic heterocycles. The van der Waals surface area contributed by atoms with Crippen LogP contribution >= 0.6 is 11.6 Å². The minimum absolute atomic E-state index is 0.0199. The maximum atomic E-state index is 13.4. The summed E-state index contributed by atoms with van der Waals surface area (Å²) in [7, 11) is 0. The van der Waals surface area contributed by atoms with Gasteiger partial charge in [0.15, 0.2) is 5.96 Å². The molecule has 3 N–H and O–H groups in total. The van der Waals surface area contributed by atoms with Crippen molar-refractivity contribution < 1.29 is 23.1 Å². The summed E-state index contributed by atoms with van der Waals surface area (Å²) in [5, 5.41) is 14.8. The van der Waals surface area contributed by atoms with Crippen LogP contribution in [-0.4, -0.2) is 47.3 Å². The molecule has 1 aromatic carbocycles. The number of hydrogen-bond donors (Lipinski definition) is 3. The number of rotatable bonds is 4. The van der Waals surface area contributed by atoms with E-state index in [1.165, 1.54) is 4.90 Å².